The summed E-state index contributed by atoms with van der Waals surface area (Å²) in [4.78, 5) is 2.57. The highest BCUT2D eigenvalue weighted by Gasteiger charge is 2.25. The standard InChI is InChI=1S/C18H32N2/c1-5-7-14-20(17-11-9-8-10-12-17)16-18(3,13-6-2)15-19-4/h8-12,19H,5-7,13-16H2,1-4H3. The number of nitrogens with zero attached hydrogens (tertiary/aromatic N) is 1. The van der Waals surface area contributed by atoms with Crippen LogP contribution in [0.2, 0.25) is 0 Å². The van der Waals surface area contributed by atoms with Crippen molar-refractivity contribution < 1.29 is 0 Å². The molecule has 1 N–H and O–H groups in total. The topological polar surface area (TPSA) is 15.3 Å². The molecule has 1 aromatic carbocycles. The number of hydrogen-bond donors (Lipinski definition) is 1. The van der Waals surface area contributed by atoms with E-state index in [-0.39, 0.29) is 0 Å². The number of para-hydroxylation sites is 1. The van der Waals surface area contributed by atoms with E-state index in [4.69, 9.17) is 0 Å². The van der Waals surface area contributed by atoms with Crippen LogP contribution in [0.1, 0.15) is 46.5 Å². The van der Waals surface area contributed by atoms with Gasteiger partial charge in [-0.3, -0.25) is 0 Å². The largest absolute Gasteiger partial charge is 0.371 e. The Hall–Kier alpha value is -1.02. The number of benzene rings is 1. The Morgan fingerprint density at radius 3 is 2.35 bits per heavy atom. The van der Waals surface area contributed by atoms with E-state index < -0.39 is 0 Å². The summed E-state index contributed by atoms with van der Waals surface area (Å²) in [6, 6.07) is 10.9. The van der Waals surface area contributed by atoms with Gasteiger partial charge in [-0.2, -0.15) is 0 Å². The summed E-state index contributed by atoms with van der Waals surface area (Å²) in [5.41, 5.74) is 1.70. The predicted molar refractivity (Wildman–Crippen MR) is 90.5 cm³/mol. The summed E-state index contributed by atoms with van der Waals surface area (Å²) in [5, 5.41) is 3.38. The van der Waals surface area contributed by atoms with Gasteiger partial charge in [0.1, 0.15) is 0 Å². The monoisotopic (exact) mass is 276 g/mol. The van der Waals surface area contributed by atoms with Gasteiger partial charge in [-0.05, 0) is 37.4 Å². The Morgan fingerprint density at radius 2 is 1.80 bits per heavy atom. The first-order valence-electron chi connectivity index (χ1n) is 8.10. The molecule has 20 heavy (non-hydrogen) atoms. The summed E-state index contributed by atoms with van der Waals surface area (Å²) in [6.07, 6.45) is 5.02. The van der Waals surface area contributed by atoms with E-state index in [1.54, 1.807) is 0 Å². The first-order chi connectivity index (χ1) is 9.65. The quantitative estimate of drug-likeness (QED) is 0.684. The first-order valence-corrected chi connectivity index (χ1v) is 8.10. The minimum Gasteiger partial charge on any atom is -0.371 e. The smallest absolute Gasteiger partial charge is 0.0366 e. The van der Waals surface area contributed by atoms with Crippen molar-refractivity contribution >= 4 is 5.69 Å². The molecule has 1 aromatic rings. The molecular weight excluding hydrogens is 244 g/mol. The zero-order valence-corrected chi connectivity index (χ0v) is 13.8. The average molecular weight is 276 g/mol. The molecule has 0 saturated heterocycles. The van der Waals surface area contributed by atoms with Crippen molar-refractivity contribution in [1.29, 1.82) is 0 Å². The third kappa shape index (κ3) is 5.54. The van der Waals surface area contributed by atoms with Crippen molar-refractivity contribution in [3.63, 3.8) is 0 Å². The van der Waals surface area contributed by atoms with Gasteiger partial charge in [-0.15, -0.1) is 0 Å². The Labute approximate surface area is 125 Å². The molecule has 1 atom stereocenters. The van der Waals surface area contributed by atoms with E-state index in [0.717, 1.165) is 19.6 Å². The fraction of sp³-hybridized carbons (Fsp3) is 0.667. The van der Waals surface area contributed by atoms with E-state index in [1.165, 1.54) is 31.4 Å². The van der Waals surface area contributed by atoms with E-state index in [9.17, 15) is 0 Å². The second kappa shape index (κ2) is 9.02. The van der Waals surface area contributed by atoms with Crippen LogP contribution in [-0.4, -0.2) is 26.7 Å². The highest BCUT2D eigenvalue weighted by molar-refractivity contribution is 5.46. The molecule has 0 amide bonds. The molecular formula is C18H32N2. The van der Waals surface area contributed by atoms with Gasteiger partial charge in [0.05, 0.1) is 0 Å². The fourth-order valence-corrected chi connectivity index (χ4v) is 3.00. The van der Waals surface area contributed by atoms with E-state index in [2.05, 4.69) is 68.4 Å². The first kappa shape index (κ1) is 17.0. The van der Waals surface area contributed by atoms with Crippen LogP contribution in [0, 0.1) is 5.41 Å². The van der Waals surface area contributed by atoms with Crippen LogP contribution in [0.25, 0.3) is 0 Å². The van der Waals surface area contributed by atoms with Gasteiger partial charge >= 0.3 is 0 Å². The lowest BCUT2D eigenvalue weighted by Gasteiger charge is -2.37. The van der Waals surface area contributed by atoms with Crippen LogP contribution < -0.4 is 10.2 Å². The van der Waals surface area contributed by atoms with Crippen LogP contribution >= 0.6 is 0 Å². The molecule has 0 bridgehead atoms. The van der Waals surface area contributed by atoms with Gasteiger partial charge in [0.15, 0.2) is 0 Å². The maximum absolute atomic E-state index is 3.38. The fourth-order valence-electron chi connectivity index (χ4n) is 3.00. The van der Waals surface area contributed by atoms with Crippen LogP contribution in [-0.2, 0) is 0 Å². The Morgan fingerprint density at radius 1 is 1.10 bits per heavy atom. The number of unbranched alkanes of at least 4 members (excludes halogenated alkanes) is 1. The molecule has 1 rings (SSSR count). The van der Waals surface area contributed by atoms with E-state index >= 15 is 0 Å². The summed E-state index contributed by atoms with van der Waals surface area (Å²) >= 11 is 0. The second-order valence-electron chi connectivity index (χ2n) is 6.20. The van der Waals surface area contributed by atoms with Crippen molar-refractivity contribution in [3.8, 4) is 0 Å². The van der Waals surface area contributed by atoms with Crippen molar-refractivity contribution in [2.45, 2.75) is 46.5 Å². The van der Waals surface area contributed by atoms with Crippen LogP contribution in [0.4, 0.5) is 5.69 Å². The Bertz CT molecular complexity index is 342. The zero-order valence-electron chi connectivity index (χ0n) is 13.8. The van der Waals surface area contributed by atoms with Crippen molar-refractivity contribution in [2.75, 3.05) is 31.6 Å². The summed E-state index contributed by atoms with van der Waals surface area (Å²) in [6.45, 7) is 10.3. The molecule has 0 aliphatic carbocycles. The number of nitrogens with one attached hydrogen (secondary N) is 1. The van der Waals surface area contributed by atoms with Gasteiger partial charge in [-0.25, -0.2) is 0 Å². The molecule has 0 aliphatic heterocycles. The molecule has 0 fully saturated rings. The van der Waals surface area contributed by atoms with E-state index in [0.29, 0.717) is 5.41 Å². The average Bonchev–Trinajstić information content (AvgIpc) is 2.45. The molecule has 0 saturated carbocycles. The molecule has 0 aromatic heterocycles. The normalized spacial score (nSPS) is 14.0. The summed E-state index contributed by atoms with van der Waals surface area (Å²) < 4.78 is 0. The number of hydrogen-bond acceptors (Lipinski definition) is 2. The minimum atomic E-state index is 0.340. The van der Waals surface area contributed by atoms with Gasteiger partial charge in [0.25, 0.3) is 0 Å². The van der Waals surface area contributed by atoms with Crippen molar-refractivity contribution in [3.05, 3.63) is 30.3 Å². The van der Waals surface area contributed by atoms with Gasteiger partial charge < -0.3 is 10.2 Å². The lowest BCUT2D eigenvalue weighted by Crippen LogP contribution is -2.42. The van der Waals surface area contributed by atoms with Crippen LogP contribution in [0.3, 0.4) is 0 Å². The maximum atomic E-state index is 3.38. The van der Waals surface area contributed by atoms with Crippen LogP contribution in [0.15, 0.2) is 30.3 Å². The lowest BCUT2D eigenvalue weighted by molar-refractivity contribution is 0.287. The van der Waals surface area contributed by atoms with Crippen LogP contribution in [0.5, 0.6) is 0 Å². The van der Waals surface area contributed by atoms with Crippen molar-refractivity contribution in [2.24, 2.45) is 5.41 Å². The summed E-state index contributed by atoms with van der Waals surface area (Å²) in [7, 11) is 2.06. The molecule has 0 spiro atoms. The highest BCUT2D eigenvalue weighted by atomic mass is 15.1. The van der Waals surface area contributed by atoms with Gasteiger partial charge in [0, 0.05) is 25.3 Å². The van der Waals surface area contributed by atoms with Gasteiger partial charge in [-0.1, -0.05) is 51.8 Å². The Kier molecular flexibility index (Phi) is 7.68. The van der Waals surface area contributed by atoms with E-state index in [1.807, 2.05) is 0 Å². The maximum Gasteiger partial charge on any atom is 0.0366 e. The molecule has 0 radical (unpaired) electrons. The molecule has 0 heterocycles. The summed E-state index contributed by atoms with van der Waals surface area (Å²) in [5.74, 6) is 0. The second-order valence-corrected chi connectivity index (χ2v) is 6.20. The Balaban J connectivity index is 2.82. The third-order valence-electron chi connectivity index (χ3n) is 3.93. The van der Waals surface area contributed by atoms with Gasteiger partial charge in [0.2, 0.25) is 0 Å². The van der Waals surface area contributed by atoms with Crippen molar-refractivity contribution in [1.82, 2.24) is 5.32 Å². The number of anilines is 1. The molecule has 2 nitrogen and oxygen atoms in total. The SMILES string of the molecule is CCCCN(CC(C)(CCC)CNC)c1ccccc1. The molecule has 114 valence electrons. The number of rotatable bonds is 10. The lowest BCUT2D eigenvalue weighted by atomic mass is 9.84. The molecule has 1 unspecified atom stereocenters. The highest BCUT2D eigenvalue weighted by Crippen LogP contribution is 2.27. The minimum absolute atomic E-state index is 0.340. The molecule has 2 heteroatoms. The molecule has 0 aliphatic rings. The third-order valence-corrected chi connectivity index (χ3v) is 3.93. The zero-order chi connectivity index (χ0) is 14.8. The predicted octanol–water partition coefficient (Wildman–Crippen LogP) is 4.32.